The van der Waals surface area contributed by atoms with Crippen molar-refractivity contribution in [3.8, 4) is 0 Å². The smallest absolute Gasteiger partial charge is 0.0319 e. The molecule has 0 spiro atoms. The van der Waals surface area contributed by atoms with Crippen molar-refractivity contribution in [2.24, 2.45) is 0 Å². The lowest BCUT2D eigenvalue weighted by molar-refractivity contribution is 0.399. The summed E-state index contributed by atoms with van der Waals surface area (Å²) in [7, 11) is 2.00. The van der Waals surface area contributed by atoms with Crippen LogP contribution in [0.3, 0.4) is 0 Å². The molecular weight excluding hydrogens is 272 g/mol. The third-order valence-corrected chi connectivity index (χ3v) is 2.85. The second-order valence-electron chi connectivity index (χ2n) is 4.51. The Morgan fingerprint density at radius 2 is 1.00 bits per heavy atom. The Morgan fingerprint density at radius 1 is 0.500 bits per heavy atom. The minimum Gasteiger partial charge on any atom is -0.400 e. The molecule has 0 saturated carbocycles. The second-order valence-corrected chi connectivity index (χ2v) is 4.51. The standard InChI is InChI=1S/C11H10.C7H8.2CH4O/c1-9-6-7-10-4-2-3-5-11(10)8-9;1-7-5-3-2-4-6-7;2*1-2/h2-8H,1H3;2-6H,1H3;2*2H,1H3. The molecule has 0 amide bonds. The van der Waals surface area contributed by atoms with E-state index in [9.17, 15) is 0 Å². The highest BCUT2D eigenvalue weighted by molar-refractivity contribution is 5.82. The lowest BCUT2D eigenvalue weighted by atomic mass is 10.1. The molecule has 3 rings (SSSR count). The second kappa shape index (κ2) is 12.6. The first-order valence-corrected chi connectivity index (χ1v) is 7.12. The van der Waals surface area contributed by atoms with E-state index < -0.39 is 0 Å². The van der Waals surface area contributed by atoms with Crippen LogP contribution in [0.15, 0.2) is 72.8 Å². The topological polar surface area (TPSA) is 40.5 Å². The van der Waals surface area contributed by atoms with E-state index in [2.05, 4.69) is 68.4 Å². The Morgan fingerprint density at radius 3 is 1.50 bits per heavy atom. The van der Waals surface area contributed by atoms with Gasteiger partial charge in [-0.05, 0) is 24.6 Å². The largest absolute Gasteiger partial charge is 0.400 e. The van der Waals surface area contributed by atoms with Crippen LogP contribution in [0.4, 0.5) is 0 Å². The molecule has 0 unspecified atom stereocenters. The summed E-state index contributed by atoms with van der Waals surface area (Å²) < 4.78 is 0. The number of aliphatic hydroxyl groups excluding tert-OH is 2. The van der Waals surface area contributed by atoms with Gasteiger partial charge in [-0.3, -0.25) is 0 Å². The van der Waals surface area contributed by atoms with Crippen molar-refractivity contribution in [3.63, 3.8) is 0 Å². The van der Waals surface area contributed by atoms with E-state index in [0.29, 0.717) is 0 Å². The predicted molar refractivity (Wildman–Crippen MR) is 96.1 cm³/mol. The van der Waals surface area contributed by atoms with Crippen molar-refractivity contribution < 1.29 is 10.2 Å². The van der Waals surface area contributed by atoms with Crippen LogP contribution in [-0.4, -0.2) is 24.4 Å². The molecule has 3 aromatic carbocycles. The number of benzene rings is 3. The number of hydrogen-bond acceptors (Lipinski definition) is 2. The van der Waals surface area contributed by atoms with Gasteiger partial charge in [-0.2, -0.15) is 0 Å². The fraction of sp³-hybridized carbons (Fsp3) is 0.200. The summed E-state index contributed by atoms with van der Waals surface area (Å²) in [4.78, 5) is 0. The third kappa shape index (κ3) is 7.58. The van der Waals surface area contributed by atoms with Crippen molar-refractivity contribution in [2.75, 3.05) is 14.2 Å². The van der Waals surface area contributed by atoms with Crippen molar-refractivity contribution >= 4 is 10.8 Å². The first-order chi connectivity index (χ1) is 10.8. The maximum Gasteiger partial charge on any atom is 0.0319 e. The van der Waals surface area contributed by atoms with Gasteiger partial charge in [0.25, 0.3) is 0 Å². The highest BCUT2D eigenvalue weighted by Gasteiger charge is 1.89. The van der Waals surface area contributed by atoms with E-state index in [1.807, 2.05) is 18.2 Å². The summed E-state index contributed by atoms with van der Waals surface area (Å²) in [6.07, 6.45) is 0. The average molecular weight is 298 g/mol. The SMILES string of the molecule is CO.CO.Cc1ccc2ccccc2c1.Cc1ccccc1. The van der Waals surface area contributed by atoms with Crippen LogP contribution in [0.25, 0.3) is 10.8 Å². The van der Waals surface area contributed by atoms with E-state index in [0.717, 1.165) is 14.2 Å². The van der Waals surface area contributed by atoms with Crippen molar-refractivity contribution in [3.05, 3.63) is 83.9 Å². The van der Waals surface area contributed by atoms with Gasteiger partial charge in [0.1, 0.15) is 0 Å². The van der Waals surface area contributed by atoms with Gasteiger partial charge in [0, 0.05) is 14.2 Å². The Bertz CT molecular complexity index is 619. The fourth-order valence-corrected chi connectivity index (χ4v) is 1.84. The molecular formula is C20H26O2. The summed E-state index contributed by atoms with van der Waals surface area (Å²) in [6.45, 7) is 4.20. The minimum atomic E-state index is 1.00. The number of fused-ring (bicyclic) bond motifs is 1. The quantitative estimate of drug-likeness (QED) is 0.647. The van der Waals surface area contributed by atoms with Crippen LogP contribution in [0.2, 0.25) is 0 Å². The molecule has 0 radical (unpaired) electrons. The highest BCUT2D eigenvalue weighted by Crippen LogP contribution is 2.14. The zero-order chi connectivity index (χ0) is 16.8. The summed E-state index contributed by atoms with van der Waals surface area (Å²) in [6, 6.07) is 25.2. The van der Waals surface area contributed by atoms with Gasteiger partial charge in [0.05, 0.1) is 0 Å². The predicted octanol–water partition coefficient (Wildman–Crippen LogP) is 4.36. The van der Waals surface area contributed by atoms with Gasteiger partial charge in [0.15, 0.2) is 0 Å². The van der Waals surface area contributed by atoms with E-state index in [1.54, 1.807) is 0 Å². The summed E-state index contributed by atoms with van der Waals surface area (Å²) >= 11 is 0. The van der Waals surface area contributed by atoms with Crippen LogP contribution in [0.5, 0.6) is 0 Å². The maximum atomic E-state index is 7.00. The zero-order valence-corrected chi connectivity index (χ0v) is 13.8. The van der Waals surface area contributed by atoms with E-state index in [1.165, 1.54) is 21.9 Å². The first-order valence-electron chi connectivity index (χ1n) is 7.12. The lowest BCUT2D eigenvalue weighted by Gasteiger charge is -1.96. The maximum absolute atomic E-state index is 7.00. The monoisotopic (exact) mass is 298 g/mol. The van der Waals surface area contributed by atoms with Gasteiger partial charge in [-0.15, -0.1) is 0 Å². The van der Waals surface area contributed by atoms with Crippen LogP contribution < -0.4 is 0 Å². The van der Waals surface area contributed by atoms with Gasteiger partial charge >= 0.3 is 0 Å². The Labute approximate surface area is 133 Å². The molecule has 22 heavy (non-hydrogen) atoms. The number of aryl methyl sites for hydroxylation is 2. The third-order valence-electron chi connectivity index (χ3n) is 2.85. The Balaban J connectivity index is 0.000000348. The average Bonchev–Trinajstić information content (AvgIpc) is 2.60. The van der Waals surface area contributed by atoms with Crippen LogP contribution in [-0.2, 0) is 0 Å². The van der Waals surface area contributed by atoms with Crippen LogP contribution in [0, 0.1) is 13.8 Å². The molecule has 0 atom stereocenters. The molecule has 0 saturated heterocycles. The van der Waals surface area contributed by atoms with Crippen LogP contribution in [0.1, 0.15) is 11.1 Å². The minimum absolute atomic E-state index is 1.00. The van der Waals surface area contributed by atoms with Gasteiger partial charge < -0.3 is 10.2 Å². The van der Waals surface area contributed by atoms with Gasteiger partial charge in [-0.1, -0.05) is 83.9 Å². The van der Waals surface area contributed by atoms with Gasteiger partial charge in [0.2, 0.25) is 0 Å². The molecule has 3 aromatic rings. The molecule has 2 nitrogen and oxygen atoms in total. The molecule has 0 fully saturated rings. The molecule has 2 heteroatoms. The first kappa shape index (κ1) is 19.8. The number of aliphatic hydroxyl groups is 2. The van der Waals surface area contributed by atoms with Crippen molar-refractivity contribution in [2.45, 2.75) is 13.8 Å². The molecule has 2 N–H and O–H groups in total. The summed E-state index contributed by atoms with van der Waals surface area (Å²) in [5.74, 6) is 0. The molecule has 0 aliphatic carbocycles. The fourth-order valence-electron chi connectivity index (χ4n) is 1.84. The summed E-state index contributed by atoms with van der Waals surface area (Å²) in [5, 5.41) is 16.6. The molecule has 0 aliphatic rings. The van der Waals surface area contributed by atoms with Gasteiger partial charge in [-0.25, -0.2) is 0 Å². The van der Waals surface area contributed by atoms with Crippen LogP contribution >= 0.6 is 0 Å². The lowest BCUT2D eigenvalue weighted by Crippen LogP contribution is -1.73. The Kier molecular flexibility index (Phi) is 11.3. The van der Waals surface area contributed by atoms with Crippen molar-refractivity contribution in [1.29, 1.82) is 0 Å². The number of rotatable bonds is 0. The number of hydrogen-bond donors (Lipinski definition) is 2. The molecule has 0 aliphatic heterocycles. The molecule has 0 heterocycles. The summed E-state index contributed by atoms with van der Waals surface area (Å²) in [5.41, 5.74) is 2.64. The zero-order valence-electron chi connectivity index (χ0n) is 13.8. The highest BCUT2D eigenvalue weighted by atomic mass is 16.2. The normalized spacial score (nSPS) is 8.45. The Hall–Kier alpha value is -2.16. The van der Waals surface area contributed by atoms with E-state index in [4.69, 9.17) is 10.2 Å². The molecule has 0 aromatic heterocycles. The molecule has 118 valence electrons. The molecule has 0 bridgehead atoms. The van der Waals surface area contributed by atoms with Crippen molar-refractivity contribution in [1.82, 2.24) is 0 Å². The van der Waals surface area contributed by atoms with E-state index >= 15 is 0 Å². The van der Waals surface area contributed by atoms with E-state index in [-0.39, 0.29) is 0 Å².